The van der Waals surface area contributed by atoms with Crippen molar-refractivity contribution in [1.29, 1.82) is 0 Å². The fraction of sp³-hybridized carbons (Fsp3) is 0.125. The van der Waals surface area contributed by atoms with Crippen LogP contribution in [-0.2, 0) is 0 Å². The van der Waals surface area contributed by atoms with E-state index in [-0.39, 0.29) is 11.5 Å². The summed E-state index contributed by atoms with van der Waals surface area (Å²) in [6, 6.07) is 18.2. The molecule has 3 rings (SSSR count). The van der Waals surface area contributed by atoms with Gasteiger partial charge >= 0.3 is 5.97 Å². The number of aryl methyl sites for hydroxylation is 1. The van der Waals surface area contributed by atoms with Crippen LogP contribution in [0.2, 0.25) is 0 Å². The third-order valence-corrected chi connectivity index (χ3v) is 4.76. The van der Waals surface area contributed by atoms with Crippen molar-refractivity contribution in [2.24, 2.45) is 0 Å². The number of carbonyl (C=O) groups excluding carboxylic acids is 2. The van der Waals surface area contributed by atoms with Gasteiger partial charge in [0.1, 0.15) is 0 Å². The van der Waals surface area contributed by atoms with Crippen LogP contribution < -0.4 is 15.5 Å². The number of nitrogens with one attached hydrogen (secondary N) is 2. The second kappa shape index (κ2) is 9.13. The van der Waals surface area contributed by atoms with Crippen LogP contribution in [0.15, 0.2) is 66.7 Å². The third-order valence-electron chi connectivity index (χ3n) is 4.76. The molecule has 0 radical (unpaired) electrons. The molecule has 0 saturated carbocycles. The van der Waals surface area contributed by atoms with Crippen molar-refractivity contribution in [2.75, 3.05) is 29.6 Å². The average Bonchev–Trinajstić information content (AvgIpc) is 2.75. The number of carboxylic acids is 1. The molecule has 31 heavy (non-hydrogen) atoms. The van der Waals surface area contributed by atoms with Gasteiger partial charge in [-0.05, 0) is 67.1 Å². The highest BCUT2D eigenvalue weighted by atomic mass is 16.4. The quantitative estimate of drug-likeness (QED) is 0.557. The molecule has 0 atom stereocenters. The number of carbonyl (C=O) groups is 3. The number of aromatic carboxylic acids is 1. The van der Waals surface area contributed by atoms with Crippen molar-refractivity contribution >= 4 is 34.8 Å². The largest absolute Gasteiger partial charge is 0.478 e. The van der Waals surface area contributed by atoms with Crippen LogP contribution >= 0.6 is 0 Å². The number of carboxylic acid groups (broad SMARTS) is 1. The fourth-order valence-electron chi connectivity index (χ4n) is 2.92. The predicted molar refractivity (Wildman–Crippen MR) is 121 cm³/mol. The van der Waals surface area contributed by atoms with Crippen LogP contribution in [0.4, 0.5) is 17.1 Å². The second-order valence-corrected chi connectivity index (χ2v) is 7.27. The molecule has 2 amide bonds. The molecule has 0 aliphatic heterocycles. The molecule has 0 bridgehead atoms. The summed E-state index contributed by atoms with van der Waals surface area (Å²) in [6.45, 7) is 1.82. The fourth-order valence-corrected chi connectivity index (χ4v) is 2.92. The lowest BCUT2D eigenvalue weighted by molar-refractivity contribution is 0.0696. The van der Waals surface area contributed by atoms with E-state index in [1.54, 1.807) is 18.2 Å². The van der Waals surface area contributed by atoms with E-state index in [0.717, 1.165) is 11.3 Å². The summed E-state index contributed by atoms with van der Waals surface area (Å²) in [4.78, 5) is 38.2. The predicted octanol–water partition coefficient (Wildman–Crippen LogP) is 4.26. The van der Waals surface area contributed by atoms with Crippen LogP contribution in [0, 0.1) is 6.92 Å². The summed E-state index contributed by atoms with van der Waals surface area (Å²) < 4.78 is 0. The van der Waals surface area contributed by atoms with E-state index in [9.17, 15) is 14.4 Å². The third kappa shape index (κ3) is 5.27. The summed E-state index contributed by atoms with van der Waals surface area (Å²) in [5.41, 5.74) is 3.75. The summed E-state index contributed by atoms with van der Waals surface area (Å²) in [6.07, 6.45) is 0. The molecular formula is C24H23N3O4. The first-order chi connectivity index (χ1) is 14.7. The minimum absolute atomic E-state index is 0.102. The van der Waals surface area contributed by atoms with E-state index < -0.39 is 11.9 Å². The minimum Gasteiger partial charge on any atom is -0.478 e. The molecule has 0 aliphatic carbocycles. The van der Waals surface area contributed by atoms with E-state index >= 15 is 0 Å². The van der Waals surface area contributed by atoms with Gasteiger partial charge in [0, 0.05) is 42.3 Å². The topological polar surface area (TPSA) is 98.7 Å². The van der Waals surface area contributed by atoms with Gasteiger partial charge in [-0.2, -0.15) is 0 Å². The molecule has 7 nitrogen and oxygen atoms in total. The molecule has 3 aromatic rings. The summed E-state index contributed by atoms with van der Waals surface area (Å²) in [5, 5.41) is 14.6. The number of benzene rings is 3. The smallest absolute Gasteiger partial charge is 0.335 e. The van der Waals surface area contributed by atoms with Crippen LogP contribution in [0.5, 0.6) is 0 Å². The van der Waals surface area contributed by atoms with E-state index in [0.29, 0.717) is 22.5 Å². The normalized spacial score (nSPS) is 10.3. The Hall–Kier alpha value is -4.13. The van der Waals surface area contributed by atoms with Gasteiger partial charge < -0.3 is 20.6 Å². The molecule has 0 aromatic heterocycles. The van der Waals surface area contributed by atoms with Crippen molar-refractivity contribution in [2.45, 2.75) is 6.92 Å². The first-order valence-electron chi connectivity index (χ1n) is 9.58. The van der Waals surface area contributed by atoms with Gasteiger partial charge in [-0.25, -0.2) is 4.79 Å². The Morgan fingerprint density at radius 3 is 2.03 bits per heavy atom. The highest BCUT2D eigenvalue weighted by molar-refractivity contribution is 6.08. The van der Waals surface area contributed by atoms with Gasteiger partial charge in [-0.1, -0.05) is 12.1 Å². The monoisotopic (exact) mass is 417 g/mol. The Labute approximate surface area is 180 Å². The molecule has 3 aromatic carbocycles. The van der Waals surface area contributed by atoms with E-state index in [1.165, 1.54) is 24.3 Å². The Bertz CT molecular complexity index is 1140. The van der Waals surface area contributed by atoms with Crippen molar-refractivity contribution in [3.05, 3.63) is 89.0 Å². The lowest BCUT2D eigenvalue weighted by Gasteiger charge is -2.14. The van der Waals surface area contributed by atoms with Gasteiger partial charge in [0.2, 0.25) is 0 Å². The lowest BCUT2D eigenvalue weighted by Crippen LogP contribution is -2.16. The molecule has 7 heteroatoms. The highest BCUT2D eigenvalue weighted by Crippen LogP contribution is 2.21. The highest BCUT2D eigenvalue weighted by Gasteiger charge is 2.13. The van der Waals surface area contributed by atoms with Gasteiger partial charge in [0.25, 0.3) is 11.8 Å². The zero-order valence-corrected chi connectivity index (χ0v) is 17.5. The molecule has 0 spiro atoms. The molecule has 158 valence electrons. The maximum absolute atomic E-state index is 12.7. The van der Waals surface area contributed by atoms with Gasteiger partial charge in [0.15, 0.2) is 0 Å². The zero-order valence-electron chi connectivity index (χ0n) is 17.5. The summed E-state index contributed by atoms with van der Waals surface area (Å²) >= 11 is 0. The maximum atomic E-state index is 12.7. The zero-order chi connectivity index (χ0) is 22.5. The van der Waals surface area contributed by atoms with Crippen molar-refractivity contribution in [3.63, 3.8) is 0 Å². The number of rotatable bonds is 6. The second-order valence-electron chi connectivity index (χ2n) is 7.27. The maximum Gasteiger partial charge on any atom is 0.335 e. The first kappa shape index (κ1) is 21.6. The Balaban J connectivity index is 1.76. The standard InChI is InChI=1S/C24H23N3O4/c1-15-7-8-18(23(29)25-19-5-4-6-20(14-19)27(2)3)13-21(15)26-22(28)16-9-11-17(12-10-16)24(30)31/h4-14H,1-3H3,(H,25,29)(H,26,28)(H,30,31). The minimum atomic E-state index is -1.06. The lowest BCUT2D eigenvalue weighted by atomic mass is 10.1. The van der Waals surface area contributed by atoms with Gasteiger partial charge in [-0.3, -0.25) is 9.59 Å². The van der Waals surface area contributed by atoms with Crippen molar-refractivity contribution in [3.8, 4) is 0 Å². The number of nitrogens with zero attached hydrogens (tertiary/aromatic N) is 1. The summed E-state index contributed by atoms with van der Waals surface area (Å²) in [5.74, 6) is -1.74. The van der Waals surface area contributed by atoms with E-state index in [1.807, 2.05) is 50.2 Å². The van der Waals surface area contributed by atoms with E-state index in [2.05, 4.69) is 10.6 Å². The molecule has 0 heterocycles. The number of hydrogen-bond acceptors (Lipinski definition) is 4. The molecule has 3 N–H and O–H groups in total. The Morgan fingerprint density at radius 2 is 1.39 bits per heavy atom. The van der Waals surface area contributed by atoms with Gasteiger partial charge in [0.05, 0.1) is 5.56 Å². The van der Waals surface area contributed by atoms with Crippen molar-refractivity contribution < 1.29 is 19.5 Å². The molecule has 0 saturated heterocycles. The van der Waals surface area contributed by atoms with Crippen LogP contribution in [0.3, 0.4) is 0 Å². The molecule has 0 fully saturated rings. The molecule has 0 unspecified atom stereocenters. The molecular weight excluding hydrogens is 394 g/mol. The average molecular weight is 417 g/mol. The van der Waals surface area contributed by atoms with Gasteiger partial charge in [-0.15, -0.1) is 0 Å². The SMILES string of the molecule is Cc1ccc(C(=O)Nc2cccc(N(C)C)c2)cc1NC(=O)c1ccc(C(=O)O)cc1. The van der Waals surface area contributed by atoms with Crippen LogP contribution in [0.1, 0.15) is 36.6 Å². The Kier molecular flexibility index (Phi) is 6.35. The van der Waals surface area contributed by atoms with E-state index in [4.69, 9.17) is 5.11 Å². The van der Waals surface area contributed by atoms with Crippen molar-refractivity contribution in [1.82, 2.24) is 0 Å². The summed E-state index contributed by atoms with van der Waals surface area (Å²) in [7, 11) is 3.84. The van der Waals surface area contributed by atoms with Crippen LogP contribution in [-0.4, -0.2) is 37.0 Å². The number of hydrogen-bond donors (Lipinski definition) is 3. The number of anilines is 3. The van der Waals surface area contributed by atoms with Crippen LogP contribution in [0.25, 0.3) is 0 Å². The first-order valence-corrected chi connectivity index (χ1v) is 9.58. The Morgan fingerprint density at radius 1 is 0.774 bits per heavy atom. The number of amides is 2. The molecule has 0 aliphatic rings.